The van der Waals surface area contributed by atoms with Crippen molar-refractivity contribution in [2.75, 3.05) is 19.8 Å². The summed E-state index contributed by atoms with van der Waals surface area (Å²) >= 11 is 0. The summed E-state index contributed by atoms with van der Waals surface area (Å²) in [5.41, 5.74) is 0. The van der Waals surface area contributed by atoms with Crippen molar-refractivity contribution in [1.29, 1.82) is 0 Å². The SMILES string of the molecule is CCC/C=C/C/C=C/C/C=C/C/C=C/CCCCCC(=O)OC[C@H](CO[C@@H]1O[C@H](CO)[C@H](O)C(O)C1O)OC(=O)CC/C=C/C/C=C/C/C=C/C/C=C/C/C=C/CCCCC. The number of ether oxygens (including phenoxy) is 4. The Morgan fingerprint density at radius 3 is 1.48 bits per heavy atom. The van der Waals surface area contributed by atoms with Gasteiger partial charge in [0.05, 0.1) is 13.2 Å². The second-order valence-corrected chi connectivity index (χ2v) is 15.1. The van der Waals surface area contributed by atoms with Crippen molar-refractivity contribution in [1.82, 2.24) is 0 Å². The van der Waals surface area contributed by atoms with Crippen LogP contribution in [-0.4, -0.2) is 89.0 Å². The molecule has 0 amide bonds. The van der Waals surface area contributed by atoms with Gasteiger partial charge in [-0.25, -0.2) is 0 Å². The number of esters is 2. The van der Waals surface area contributed by atoms with Gasteiger partial charge in [0.1, 0.15) is 31.0 Å². The number of hydrogen-bond acceptors (Lipinski definition) is 10. The summed E-state index contributed by atoms with van der Waals surface area (Å²) in [7, 11) is 0. The van der Waals surface area contributed by atoms with Gasteiger partial charge in [-0.15, -0.1) is 0 Å². The van der Waals surface area contributed by atoms with Crippen LogP contribution >= 0.6 is 0 Å². The molecule has 1 saturated heterocycles. The zero-order valence-corrected chi connectivity index (χ0v) is 37.4. The monoisotopic (exact) mass is 853 g/mol. The zero-order chi connectivity index (χ0) is 44.4. The summed E-state index contributed by atoms with van der Waals surface area (Å²) < 4.78 is 22.0. The highest BCUT2D eigenvalue weighted by Gasteiger charge is 2.44. The molecule has 2 unspecified atom stereocenters. The summed E-state index contributed by atoms with van der Waals surface area (Å²) in [6, 6.07) is 0. The van der Waals surface area contributed by atoms with Crippen molar-refractivity contribution in [3.8, 4) is 0 Å². The third kappa shape index (κ3) is 31.8. The molecule has 61 heavy (non-hydrogen) atoms. The Morgan fingerprint density at radius 1 is 0.508 bits per heavy atom. The molecular weight excluding hydrogens is 773 g/mol. The van der Waals surface area contributed by atoms with E-state index in [1.807, 2.05) is 12.2 Å². The molecule has 0 bridgehead atoms. The van der Waals surface area contributed by atoms with Crippen molar-refractivity contribution in [2.45, 2.75) is 179 Å². The second-order valence-electron chi connectivity index (χ2n) is 15.1. The third-order valence-corrected chi connectivity index (χ3v) is 9.62. The Kier molecular flexibility index (Phi) is 36.7. The lowest BCUT2D eigenvalue weighted by Crippen LogP contribution is -2.59. The highest BCUT2D eigenvalue weighted by atomic mass is 16.7. The van der Waals surface area contributed by atoms with Crippen LogP contribution in [0.2, 0.25) is 0 Å². The molecule has 344 valence electrons. The smallest absolute Gasteiger partial charge is 0.306 e. The Bertz CT molecular complexity index is 1350. The van der Waals surface area contributed by atoms with Gasteiger partial charge < -0.3 is 39.4 Å². The van der Waals surface area contributed by atoms with E-state index < -0.39 is 55.4 Å². The fourth-order valence-electron chi connectivity index (χ4n) is 5.98. The summed E-state index contributed by atoms with van der Waals surface area (Å²) in [6.45, 7) is 3.20. The lowest BCUT2D eigenvalue weighted by molar-refractivity contribution is -0.305. The molecule has 10 heteroatoms. The van der Waals surface area contributed by atoms with Crippen LogP contribution in [-0.2, 0) is 28.5 Å². The van der Waals surface area contributed by atoms with E-state index in [4.69, 9.17) is 18.9 Å². The van der Waals surface area contributed by atoms with E-state index in [0.717, 1.165) is 70.6 Å². The van der Waals surface area contributed by atoms with Gasteiger partial charge in [-0.05, 0) is 89.9 Å². The summed E-state index contributed by atoms with van der Waals surface area (Å²) in [5.74, 6) is -0.951. The van der Waals surface area contributed by atoms with E-state index in [9.17, 15) is 30.0 Å². The average molecular weight is 853 g/mol. The summed E-state index contributed by atoms with van der Waals surface area (Å²) in [4.78, 5) is 25.3. The molecular formula is C51H80O10. The van der Waals surface area contributed by atoms with Crippen molar-refractivity contribution in [3.05, 3.63) is 109 Å². The molecule has 1 aliphatic heterocycles. The summed E-state index contributed by atoms with van der Waals surface area (Å²) in [5, 5.41) is 40.1. The zero-order valence-electron chi connectivity index (χ0n) is 37.4. The molecule has 6 atom stereocenters. The second kappa shape index (κ2) is 40.4. The van der Waals surface area contributed by atoms with E-state index in [-0.39, 0.29) is 26.1 Å². The number of aliphatic hydroxyl groups is 4. The average Bonchev–Trinajstić information content (AvgIpc) is 3.26. The molecule has 1 fully saturated rings. The molecule has 0 aliphatic carbocycles. The van der Waals surface area contributed by atoms with Crippen LogP contribution in [0.25, 0.3) is 0 Å². The maximum absolute atomic E-state index is 12.8. The van der Waals surface area contributed by atoms with Gasteiger partial charge in [-0.2, -0.15) is 0 Å². The van der Waals surface area contributed by atoms with Crippen LogP contribution in [0.5, 0.6) is 0 Å². The minimum Gasteiger partial charge on any atom is -0.462 e. The van der Waals surface area contributed by atoms with Crippen molar-refractivity contribution in [2.24, 2.45) is 0 Å². The largest absolute Gasteiger partial charge is 0.462 e. The summed E-state index contributed by atoms with van der Waals surface area (Å²) in [6.07, 6.45) is 48.1. The van der Waals surface area contributed by atoms with E-state index >= 15 is 0 Å². The van der Waals surface area contributed by atoms with Gasteiger partial charge in [0.15, 0.2) is 12.4 Å². The standard InChI is InChI=1S/C51H80O10/c1-3-5-7-9-11-13-15-17-19-21-22-24-26-28-30-32-34-36-38-40-47(54)60-44(43-59-51-50(57)49(56)48(55)45(41-52)61-51)42-58-46(53)39-37-35-33-31-29-27-25-23-20-18-16-14-12-10-8-6-4-2/h8,10-11,13-14,16-17,19-20,22-24,27-30,34,36,44-45,48-52,55-57H,3-7,9,12,15,18,21,25-26,31-33,35,37-43H2,1-2H3/b10-8+,13-11+,16-14+,19-17+,23-20+,24-22+,29-27+,30-28+,36-34+/t44-,45-,48+,49?,50?,51-/m1/s1. The van der Waals surface area contributed by atoms with Gasteiger partial charge in [-0.1, -0.05) is 149 Å². The molecule has 0 saturated carbocycles. The maximum Gasteiger partial charge on any atom is 0.306 e. The topological polar surface area (TPSA) is 152 Å². The Balaban J connectivity index is 2.42. The molecule has 0 radical (unpaired) electrons. The van der Waals surface area contributed by atoms with Gasteiger partial charge >= 0.3 is 11.9 Å². The first-order chi connectivity index (χ1) is 29.8. The van der Waals surface area contributed by atoms with Gasteiger partial charge in [-0.3, -0.25) is 9.59 Å². The molecule has 1 aliphatic rings. The molecule has 0 aromatic carbocycles. The lowest BCUT2D eigenvalue weighted by Gasteiger charge is -2.39. The third-order valence-electron chi connectivity index (χ3n) is 9.62. The highest BCUT2D eigenvalue weighted by Crippen LogP contribution is 2.22. The normalized spacial score (nSPS) is 20.8. The molecule has 1 rings (SSSR count). The number of carbonyl (C=O) groups excluding carboxylic acids is 2. The van der Waals surface area contributed by atoms with Crippen molar-refractivity contribution in [3.63, 3.8) is 0 Å². The quantitative estimate of drug-likeness (QED) is 0.0272. The number of allylic oxidation sites excluding steroid dienone is 18. The molecule has 4 N–H and O–H groups in total. The number of rotatable bonds is 36. The van der Waals surface area contributed by atoms with Crippen LogP contribution in [0.3, 0.4) is 0 Å². The minimum absolute atomic E-state index is 0.0922. The molecule has 10 nitrogen and oxygen atoms in total. The van der Waals surface area contributed by atoms with Gasteiger partial charge in [0, 0.05) is 12.8 Å². The fourth-order valence-corrected chi connectivity index (χ4v) is 5.98. The van der Waals surface area contributed by atoms with Crippen LogP contribution < -0.4 is 0 Å². The molecule has 0 aromatic rings. The molecule has 0 spiro atoms. The number of carbonyl (C=O) groups is 2. The predicted octanol–water partition coefficient (Wildman–Crippen LogP) is 10.1. The van der Waals surface area contributed by atoms with Gasteiger partial charge in [0.25, 0.3) is 0 Å². The first-order valence-electron chi connectivity index (χ1n) is 23.0. The van der Waals surface area contributed by atoms with Crippen molar-refractivity contribution < 1.29 is 49.0 Å². The van der Waals surface area contributed by atoms with Crippen LogP contribution in [0.4, 0.5) is 0 Å². The Hall–Kier alpha value is -3.64. The van der Waals surface area contributed by atoms with E-state index in [1.165, 1.54) is 32.1 Å². The fraction of sp³-hybridized carbons (Fsp3) is 0.608. The maximum atomic E-state index is 12.8. The van der Waals surface area contributed by atoms with Gasteiger partial charge in [0.2, 0.25) is 0 Å². The van der Waals surface area contributed by atoms with Crippen LogP contribution in [0.15, 0.2) is 109 Å². The molecule has 1 heterocycles. The van der Waals surface area contributed by atoms with Crippen molar-refractivity contribution >= 4 is 11.9 Å². The predicted molar refractivity (Wildman–Crippen MR) is 247 cm³/mol. The number of aliphatic hydroxyl groups excluding tert-OH is 4. The molecule has 0 aromatic heterocycles. The lowest BCUT2D eigenvalue weighted by atomic mass is 9.99. The van der Waals surface area contributed by atoms with E-state index in [1.54, 1.807) is 0 Å². The first kappa shape index (κ1) is 55.4. The van der Waals surface area contributed by atoms with Crippen LogP contribution in [0.1, 0.15) is 142 Å². The Labute approximate surface area is 368 Å². The number of hydrogen-bond donors (Lipinski definition) is 4. The van der Waals surface area contributed by atoms with Crippen LogP contribution in [0, 0.1) is 0 Å². The minimum atomic E-state index is -1.62. The first-order valence-corrected chi connectivity index (χ1v) is 23.0. The number of unbranched alkanes of at least 4 members (excludes halogenated alkanes) is 7. The highest BCUT2D eigenvalue weighted by molar-refractivity contribution is 5.70. The Morgan fingerprint density at radius 2 is 0.984 bits per heavy atom. The van der Waals surface area contributed by atoms with E-state index in [0.29, 0.717) is 12.8 Å². The van der Waals surface area contributed by atoms with E-state index in [2.05, 4.69) is 111 Å².